The van der Waals surface area contributed by atoms with Crippen molar-refractivity contribution in [1.29, 1.82) is 0 Å². The molecule has 0 spiro atoms. The van der Waals surface area contributed by atoms with Crippen molar-refractivity contribution in [2.45, 2.75) is 33.1 Å². The van der Waals surface area contributed by atoms with E-state index < -0.39 is 0 Å². The summed E-state index contributed by atoms with van der Waals surface area (Å²) in [5.74, 6) is 2.19. The smallest absolute Gasteiger partial charge is 0.191 e. The number of methoxy groups -OCH3 is 1. The number of nitrogens with zero attached hydrogens (tertiary/aromatic N) is 1. The molecule has 6 nitrogen and oxygen atoms in total. The summed E-state index contributed by atoms with van der Waals surface area (Å²) in [5, 5.41) is 6.61. The highest BCUT2D eigenvalue weighted by Gasteiger charge is 2.09. The van der Waals surface area contributed by atoms with E-state index in [1.54, 1.807) is 14.2 Å². The average Bonchev–Trinajstić information content (AvgIpc) is 2.73. The Balaban J connectivity index is 1.77. The Bertz CT molecular complexity index is 732. The minimum Gasteiger partial charge on any atom is -0.493 e. The topological polar surface area (TPSA) is 64.1 Å². The van der Waals surface area contributed by atoms with Gasteiger partial charge in [-0.05, 0) is 37.1 Å². The highest BCUT2D eigenvalue weighted by atomic mass is 16.5. The van der Waals surface area contributed by atoms with Crippen molar-refractivity contribution in [3.8, 4) is 11.5 Å². The van der Waals surface area contributed by atoms with Gasteiger partial charge in [-0.1, -0.05) is 36.4 Å². The quantitative estimate of drug-likeness (QED) is 0.485. The Morgan fingerprint density at radius 2 is 1.68 bits per heavy atom. The Labute approximate surface area is 167 Å². The van der Waals surface area contributed by atoms with E-state index in [4.69, 9.17) is 14.2 Å². The predicted molar refractivity (Wildman–Crippen MR) is 113 cm³/mol. The number of hydrogen-bond donors (Lipinski definition) is 2. The summed E-state index contributed by atoms with van der Waals surface area (Å²) in [4.78, 5) is 4.27. The lowest BCUT2D eigenvalue weighted by atomic mass is 10.1. The fraction of sp³-hybridized carbons (Fsp3) is 0.409. The maximum atomic E-state index is 5.96. The van der Waals surface area contributed by atoms with Crippen LogP contribution < -0.4 is 20.1 Å². The molecule has 0 saturated carbocycles. The Hall–Kier alpha value is -2.73. The van der Waals surface area contributed by atoms with Crippen LogP contribution in [0.4, 0.5) is 0 Å². The largest absolute Gasteiger partial charge is 0.493 e. The molecule has 28 heavy (non-hydrogen) atoms. The zero-order chi connectivity index (χ0) is 20.2. The Morgan fingerprint density at radius 1 is 1.00 bits per heavy atom. The van der Waals surface area contributed by atoms with Crippen LogP contribution in [0.15, 0.2) is 53.5 Å². The average molecular weight is 386 g/mol. The molecule has 0 radical (unpaired) electrons. The van der Waals surface area contributed by atoms with Crippen LogP contribution in [0.1, 0.15) is 25.0 Å². The predicted octanol–water partition coefficient (Wildman–Crippen LogP) is 3.36. The van der Waals surface area contributed by atoms with Gasteiger partial charge in [0.05, 0.1) is 20.3 Å². The molecule has 0 heterocycles. The molecule has 0 amide bonds. The van der Waals surface area contributed by atoms with E-state index in [1.807, 2.05) is 38.1 Å². The number of ether oxygens (including phenoxy) is 3. The van der Waals surface area contributed by atoms with E-state index in [2.05, 4.69) is 39.9 Å². The zero-order valence-electron chi connectivity index (χ0n) is 17.2. The van der Waals surface area contributed by atoms with Gasteiger partial charge in [-0.3, -0.25) is 4.99 Å². The molecular formula is C22H31N3O3. The van der Waals surface area contributed by atoms with Gasteiger partial charge in [-0.15, -0.1) is 0 Å². The minimum absolute atomic E-state index is 0.0484. The number of rotatable bonds is 10. The summed E-state index contributed by atoms with van der Waals surface area (Å²) < 4.78 is 16.7. The Kier molecular flexibility index (Phi) is 9.15. The van der Waals surface area contributed by atoms with E-state index in [9.17, 15) is 0 Å². The number of guanidine groups is 1. The van der Waals surface area contributed by atoms with Crippen LogP contribution in [0, 0.1) is 0 Å². The van der Waals surface area contributed by atoms with Crippen molar-refractivity contribution in [2.24, 2.45) is 4.99 Å². The van der Waals surface area contributed by atoms with Gasteiger partial charge in [0, 0.05) is 20.2 Å². The fourth-order valence-corrected chi connectivity index (χ4v) is 2.59. The van der Waals surface area contributed by atoms with Gasteiger partial charge in [-0.25, -0.2) is 0 Å². The molecule has 1 unspecified atom stereocenters. The third-order valence-corrected chi connectivity index (χ3v) is 4.13. The van der Waals surface area contributed by atoms with Gasteiger partial charge in [0.2, 0.25) is 0 Å². The first-order chi connectivity index (χ1) is 13.7. The Morgan fingerprint density at radius 3 is 2.32 bits per heavy atom. The van der Waals surface area contributed by atoms with Crippen LogP contribution in [0.3, 0.4) is 0 Å². The van der Waals surface area contributed by atoms with E-state index in [0.29, 0.717) is 19.7 Å². The summed E-state index contributed by atoms with van der Waals surface area (Å²) in [7, 11) is 3.40. The molecular weight excluding hydrogens is 354 g/mol. The maximum Gasteiger partial charge on any atom is 0.191 e. The van der Waals surface area contributed by atoms with E-state index in [0.717, 1.165) is 24.1 Å². The first-order valence-corrected chi connectivity index (χ1v) is 9.56. The molecule has 0 aliphatic rings. The second-order valence-electron chi connectivity index (χ2n) is 6.34. The lowest BCUT2D eigenvalue weighted by molar-refractivity contribution is 0.134. The summed E-state index contributed by atoms with van der Waals surface area (Å²) >= 11 is 0. The molecule has 0 aliphatic carbocycles. The summed E-state index contributed by atoms with van der Waals surface area (Å²) in [6, 6.07) is 16.0. The van der Waals surface area contributed by atoms with Gasteiger partial charge < -0.3 is 24.8 Å². The van der Waals surface area contributed by atoms with E-state index >= 15 is 0 Å². The molecule has 0 aromatic heterocycles. The number of nitrogens with one attached hydrogen (secondary N) is 2. The van der Waals surface area contributed by atoms with E-state index in [1.165, 1.54) is 11.1 Å². The van der Waals surface area contributed by atoms with E-state index in [-0.39, 0.29) is 6.10 Å². The monoisotopic (exact) mass is 385 g/mol. The van der Waals surface area contributed by atoms with Crippen LogP contribution in [0.5, 0.6) is 11.5 Å². The third-order valence-electron chi connectivity index (χ3n) is 4.13. The molecule has 6 heteroatoms. The normalized spacial score (nSPS) is 12.4. The molecule has 2 N–H and O–H groups in total. The highest BCUT2D eigenvalue weighted by Crippen LogP contribution is 2.26. The van der Waals surface area contributed by atoms with Gasteiger partial charge in [0.1, 0.15) is 6.10 Å². The van der Waals surface area contributed by atoms with Crippen molar-refractivity contribution in [2.75, 3.05) is 27.3 Å². The molecule has 2 aromatic rings. The number of aliphatic imine (C=N–C) groups is 1. The SMILES string of the molecule is CCOCc1ccc(CNC(=NC)NCC(C)Oc2ccccc2OC)cc1. The van der Waals surface area contributed by atoms with Crippen LogP contribution in [-0.2, 0) is 17.9 Å². The third kappa shape index (κ3) is 7.12. The first kappa shape index (κ1) is 21.6. The van der Waals surface area contributed by atoms with Crippen LogP contribution in [-0.4, -0.2) is 39.4 Å². The molecule has 2 rings (SSSR count). The zero-order valence-corrected chi connectivity index (χ0v) is 17.2. The van der Waals surface area contributed by atoms with Gasteiger partial charge in [-0.2, -0.15) is 0 Å². The molecule has 152 valence electrons. The maximum absolute atomic E-state index is 5.96. The van der Waals surface area contributed by atoms with Crippen molar-refractivity contribution in [1.82, 2.24) is 10.6 Å². The van der Waals surface area contributed by atoms with Crippen LogP contribution in [0.25, 0.3) is 0 Å². The fourth-order valence-electron chi connectivity index (χ4n) is 2.59. The highest BCUT2D eigenvalue weighted by molar-refractivity contribution is 5.79. The van der Waals surface area contributed by atoms with Gasteiger partial charge >= 0.3 is 0 Å². The van der Waals surface area contributed by atoms with Gasteiger partial charge in [0.25, 0.3) is 0 Å². The number of benzene rings is 2. The summed E-state index contributed by atoms with van der Waals surface area (Å²) in [5.41, 5.74) is 2.36. The molecule has 2 aromatic carbocycles. The van der Waals surface area contributed by atoms with Crippen molar-refractivity contribution < 1.29 is 14.2 Å². The number of hydrogen-bond acceptors (Lipinski definition) is 4. The molecule has 1 atom stereocenters. The van der Waals surface area contributed by atoms with Crippen LogP contribution >= 0.6 is 0 Å². The minimum atomic E-state index is -0.0484. The molecule has 0 saturated heterocycles. The van der Waals surface area contributed by atoms with Crippen molar-refractivity contribution in [3.05, 3.63) is 59.7 Å². The molecule has 0 bridgehead atoms. The molecule has 0 aliphatic heterocycles. The number of para-hydroxylation sites is 2. The standard InChI is InChI=1S/C22H31N3O3/c1-5-27-16-19-12-10-18(11-13-19)15-25-22(23-3)24-14-17(2)28-21-9-7-6-8-20(21)26-4/h6-13,17H,5,14-16H2,1-4H3,(H2,23,24,25). The van der Waals surface area contributed by atoms with Gasteiger partial charge in [0.15, 0.2) is 17.5 Å². The lowest BCUT2D eigenvalue weighted by Crippen LogP contribution is -2.41. The second kappa shape index (κ2) is 11.9. The first-order valence-electron chi connectivity index (χ1n) is 9.56. The summed E-state index contributed by atoms with van der Waals surface area (Å²) in [6.07, 6.45) is -0.0484. The van der Waals surface area contributed by atoms with Crippen molar-refractivity contribution in [3.63, 3.8) is 0 Å². The molecule has 0 fully saturated rings. The van der Waals surface area contributed by atoms with Crippen LogP contribution in [0.2, 0.25) is 0 Å². The second-order valence-corrected chi connectivity index (χ2v) is 6.34. The van der Waals surface area contributed by atoms with Crippen molar-refractivity contribution >= 4 is 5.96 Å². The summed E-state index contributed by atoms with van der Waals surface area (Å²) in [6.45, 7) is 6.69. The lowest BCUT2D eigenvalue weighted by Gasteiger charge is -2.19.